The predicted octanol–water partition coefficient (Wildman–Crippen LogP) is 4.93. The molecular formula is C21H21O3P. The van der Waals surface area contributed by atoms with E-state index in [0.717, 1.165) is 5.56 Å². The molecule has 3 aromatic carbocycles. The summed E-state index contributed by atoms with van der Waals surface area (Å²) in [4.78, 5) is 0. The van der Waals surface area contributed by atoms with Crippen molar-refractivity contribution in [3.8, 4) is 0 Å². The van der Waals surface area contributed by atoms with Gasteiger partial charge in [-0.25, -0.2) is 0 Å². The van der Waals surface area contributed by atoms with Crippen molar-refractivity contribution in [3.63, 3.8) is 0 Å². The molecule has 0 radical (unpaired) electrons. The third kappa shape index (κ3) is 3.91. The number of rotatable bonds is 6. The van der Waals surface area contributed by atoms with E-state index in [1.165, 1.54) is 0 Å². The zero-order valence-corrected chi connectivity index (χ0v) is 14.7. The topological polar surface area (TPSA) is 57.5 Å². The Morgan fingerprint density at radius 3 is 1.40 bits per heavy atom. The molecule has 0 fully saturated rings. The Hall–Kier alpha value is -2.19. The molecule has 0 saturated heterocycles. The van der Waals surface area contributed by atoms with Crippen molar-refractivity contribution in [3.05, 3.63) is 108 Å². The standard InChI is InChI=1S/C21H21O3P/c22-20(18-12-6-2-7-13-18)25(24,16-17-10-4-1-5-11-17)21(23)19-14-8-3-9-15-19/h1-15,20-23H,16H2. The monoisotopic (exact) mass is 352 g/mol. The zero-order valence-electron chi connectivity index (χ0n) is 13.8. The first-order valence-corrected chi connectivity index (χ1v) is 10.2. The summed E-state index contributed by atoms with van der Waals surface area (Å²) in [7, 11) is -3.46. The van der Waals surface area contributed by atoms with Crippen LogP contribution in [0.4, 0.5) is 0 Å². The van der Waals surface area contributed by atoms with E-state index in [2.05, 4.69) is 0 Å². The highest BCUT2D eigenvalue weighted by Crippen LogP contribution is 2.68. The fraction of sp³-hybridized carbons (Fsp3) is 0.143. The first kappa shape index (κ1) is 17.6. The lowest BCUT2D eigenvalue weighted by Crippen LogP contribution is -2.10. The van der Waals surface area contributed by atoms with Gasteiger partial charge in [0.05, 0.1) is 0 Å². The third-order valence-corrected chi connectivity index (χ3v) is 7.41. The summed E-state index contributed by atoms with van der Waals surface area (Å²) in [6.07, 6.45) is 0.125. The summed E-state index contributed by atoms with van der Waals surface area (Å²) in [5.74, 6) is -2.46. The Labute approximate surface area is 148 Å². The van der Waals surface area contributed by atoms with Gasteiger partial charge in [0.2, 0.25) is 0 Å². The third-order valence-electron chi connectivity index (χ3n) is 4.30. The van der Waals surface area contributed by atoms with E-state index in [0.29, 0.717) is 11.1 Å². The van der Waals surface area contributed by atoms with Crippen LogP contribution in [0, 0.1) is 0 Å². The van der Waals surface area contributed by atoms with Crippen molar-refractivity contribution < 1.29 is 14.8 Å². The lowest BCUT2D eigenvalue weighted by molar-refractivity contribution is 0.211. The Kier molecular flexibility index (Phi) is 5.50. The average Bonchev–Trinajstić information content (AvgIpc) is 2.69. The first-order chi connectivity index (χ1) is 12.1. The smallest absolute Gasteiger partial charge is 0.154 e. The van der Waals surface area contributed by atoms with E-state index in [-0.39, 0.29) is 6.16 Å². The lowest BCUT2D eigenvalue weighted by atomic mass is 10.2. The van der Waals surface area contributed by atoms with Gasteiger partial charge in [0.15, 0.2) is 7.14 Å². The minimum atomic E-state index is -3.46. The van der Waals surface area contributed by atoms with Gasteiger partial charge >= 0.3 is 0 Å². The van der Waals surface area contributed by atoms with Crippen LogP contribution in [0.5, 0.6) is 0 Å². The highest BCUT2D eigenvalue weighted by molar-refractivity contribution is 7.63. The molecule has 0 aliphatic heterocycles. The normalized spacial score (nSPS) is 15.9. The predicted molar refractivity (Wildman–Crippen MR) is 101 cm³/mol. The summed E-state index contributed by atoms with van der Waals surface area (Å²) >= 11 is 0. The van der Waals surface area contributed by atoms with Crippen LogP contribution < -0.4 is 0 Å². The Morgan fingerprint density at radius 2 is 1.00 bits per heavy atom. The largest absolute Gasteiger partial charge is 0.380 e. The summed E-state index contributed by atoms with van der Waals surface area (Å²) < 4.78 is 13.9. The van der Waals surface area contributed by atoms with Gasteiger partial charge in [-0.3, -0.25) is 0 Å². The van der Waals surface area contributed by atoms with Gasteiger partial charge in [-0.1, -0.05) is 91.0 Å². The molecule has 0 saturated carbocycles. The van der Waals surface area contributed by atoms with Crippen LogP contribution in [0.25, 0.3) is 0 Å². The maximum Gasteiger partial charge on any atom is 0.154 e. The summed E-state index contributed by atoms with van der Waals surface area (Å²) in [6, 6.07) is 27.1. The number of hydrogen-bond acceptors (Lipinski definition) is 3. The first-order valence-electron chi connectivity index (χ1n) is 8.19. The van der Waals surface area contributed by atoms with E-state index < -0.39 is 18.8 Å². The van der Waals surface area contributed by atoms with Gasteiger partial charge < -0.3 is 14.8 Å². The van der Waals surface area contributed by atoms with Crippen molar-refractivity contribution in [1.82, 2.24) is 0 Å². The molecule has 0 heterocycles. The molecule has 128 valence electrons. The number of aliphatic hydroxyl groups is 2. The van der Waals surface area contributed by atoms with Crippen molar-refractivity contribution in [1.29, 1.82) is 0 Å². The van der Waals surface area contributed by atoms with Crippen LogP contribution in [0.2, 0.25) is 0 Å². The number of aliphatic hydroxyl groups excluding tert-OH is 2. The molecule has 0 bridgehead atoms. The molecule has 2 N–H and O–H groups in total. The number of benzene rings is 3. The maximum absolute atomic E-state index is 13.9. The molecule has 4 heteroatoms. The molecule has 0 amide bonds. The SMILES string of the molecule is O=P(Cc1ccccc1)(C(O)c1ccccc1)C(O)c1ccccc1. The van der Waals surface area contributed by atoms with Gasteiger partial charge in [-0.15, -0.1) is 0 Å². The minimum Gasteiger partial charge on any atom is -0.380 e. The molecule has 0 aliphatic rings. The van der Waals surface area contributed by atoms with E-state index in [1.807, 2.05) is 42.5 Å². The minimum absolute atomic E-state index is 0.125. The fourth-order valence-electron chi connectivity index (χ4n) is 2.93. The highest BCUT2D eigenvalue weighted by atomic mass is 31.2. The second-order valence-electron chi connectivity index (χ2n) is 6.07. The Morgan fingerprint density at radius 1 is 0.640 bits per heavy atom. The second kappa shape index (κ2) is 7.79. The van der Waals surface area contributed by atoms with Crippen LogP contribution in [-0.2, 0) is 10.7 Å². The Bertz CT molecular complexity index is 785. The van der Waals surface area contributed by atoms with E-state index in [9.17, 15) is 14.8 Å². The molecule has 2 unspecified atom stereocenters. The lowest BCUT2D eigenvalue weighted by Gasteiger charge is -2.29. The summed E-state index contributed by atoms with van der Waals surface area (Å²) in [6.45, 7) is 0. The number of hydrogen-bond donors (Lipinski definition) is 2. The van der Waals surface area contributed by atoms with Crippen LogP contribution in [0.3, 0.4) is 0 Å². The van der Waals surface area contributed by atoms with Crippen LogP contribution >= 0.6 is 7.14 Å². The highest BCUT2D eigenvalue weighted by Gasteiger charge is 2.40. The van der Waals surface area contributed by atoms with E-state index in [1.54, 1.807) is 48.5 Å². The molecular weight excluding hydrogens is 331 g/mol. The van der Waals surface area contributed by atoms with Gasteiger partial charge in [-0.2, -0.15) is 0 Å². The average molecular weight is 352 g/mol. The van der Waals surface area contributed by atoms with E-state index >= 15 is 0 Å². The van der Waals surface area contributed by atoms with Crippen LogP contribution in [0.1, 0.15) is 28.4 Å². The molecule has 0 spiro atoms. The molecule has 0 aliphatic carbocycles. The molecule has 25 heavy (non-hydrogen) atoms. The molecule has 0 aromatic heterocycles. The van der Waals surface area contributed by atoms with Crippen molar-refractivity contribution >= 4 is 7.14 Å². The summed E-state index contributed by atoms with van der Waals surface area (Å²) in [5.41, 5.74) is 1.93. The zero-order chi connectivity index (χ0) is 17.7. The van der Waals surface area contributed by atoms with Gasteiger partial charge in [0, 0.05) is 6.16 Å². The van der Waals surface area contributed by atoms with Crippen LogP contribution in [0.15, 0.2) is 91.0 Å². The Balaban J connectivity index is 2.03. The van der Waals surface area contributed by atoms with Crippen molar-refractivity contribution in [2.24, 2.45) is 0 Å². The van der Waals surface area contributed by atoms with E-state index in [4.69, 9.17) is 0 Å². The van der Waals surface area contributed by atoms with Crippen LogP contribution in [-0.4, -0.2) is 10.2 Å². The summed E-state index contributed by atoms with van der Waals surface area (Å²) in [5, 5.41) is 21.8. The molecule has 2 atom stereocenters. The van der Waals surface area contributed by atoms with Crippen molar-refractivity contribution in [2.45, 2.75) is 17.9 Å². The quantitative estimate of drug-likeness (QED) is 0.618. The van der Waals surface area contributed by atoms with Gasteiger partial charge in [0.25, 0.3) is 0 Å². The molecule has 3 rings (SSSR count). The van der Waals surface area contributed by atoms with Gasteiger partial charge in [-0.05, 0) is 16.7 Å². The van der Waals surface area contributed by atoms with Crippen molar-refractivity contribution in [2.75, 3.05) is 0 Å². The maximum atomic E-state index is 13.9. The molecule has 3 aromatic rings. The van der Waals surface area contributed by atoms with Gasteiger partial charge in [0.1, 0.15) is 11.7 Å². The molecule has 3 nitrogen and oxygen atoms in total. The second-order valence-corrected chi connectivity index (χ2v) is 9.07. The fourth-order valence-corrected chi connectivity index (χ4v) is 5.68.